The van der Waals surface area contributed by atoms with Crippen LogP contribution < -0.4 is 5.73 Å². The Morgan fingerprint density at radius 2 is 2.00 bits per heavy atom. The zero-order chi connectivity index (χ0) is 11.5. The van der Waals surface area contributed by atoms with Crippen LogP contribution in [0.2, 0.25) is 0 Å². The fourth-order valence-electron chi connectivity index (χ4n) is 2.39. The largest absolute Gasteiger partial charge is 0.338 e. The quantitative estimate of drug-likeness (QED) is 0.896. The first-order valence-corrected chi connectivity index (χ1v) is 5.98. The van der Waals surface area contributed by atoms with E-state index < -0.39 is 0 Å². The van der Waals surface area contributed by atoms with E-state index in [0.717, 1.165) is 12.4 Å². The molecule has 1 aromatic rings. The lowest BCUT2D eigenvalue weighted by molar-refractivity contribution is 0.0913. The summed E-state index contributed by atoms with van der Waals surface area (Å²) in [6, 6.07) is 1.20. The Bertz CT molecular complexity index is 334. The van der Waals surface area contributed by atoms with Crippen molar-refractivity contribution in [1.82, 2.24) is 15.0 Å². The lowest BCUT2D eigenvalue weighted by Gasteiger charge is -2.38. The Hall–Kier alpha value is -0.650. The van der Waals surface area contributed by atoms with Crippen LogP contribution in [0, 0.1) is 0 Å². The van der Waals surface area contributed by atoms with Crippen LogP contribution in [-0.2, 0) is 13.1 Å². The molecule has 0 spiro atoms. The first-order chi connectivity index (χ1) is 7.70. The fourth-order valence-corrected chi connectivity index (χ4v) is 2.39. The maximum atomic E-state index is 5.44. The van der Waals surface area contributed by atoms with Crippen LogP contribution in [0.15, 0.2) is 4.52 Å². The number of likely N-dealkylation sites (tertiary alicyclic amines) is 1. The van der Waals surface area contributed by atoms with E-state index in [1.54, 1.807) is 0 Å². The van der Waals surface area contributed by atoms with Gasteiger partial charge in [-0.3, -0.25) is 4.90 Å². The van der Waals surface area contributed by atoms with E-state index in [-0.39, 0.29) is 12.4 Å². The Balaban J connectivity index is 0.00000144. The lowest BCUT2D eigenvalue weighted by atomic mass is 9.98. The van der Waals surface area contributed by atoms with Crippen LogP contribution in [0.3, 0.4) is 0 Å². The number of nitrogens with two attached hydrogens (primary N) is 1. The first kappa shape index (κ1) is 14.4. The molecule has 1 saturated heterocycles. The van der Waals surface area contributed by atoms with Crippen molar-refractivity contribution in [2.75, 3.05) is 0 Å². The summed E-state index contributed by atoms with van der Waals surface area (Å²) in [6.07, 6.45) is 3.83. The van der Waals surface area contributed by atoms with Crippen molar-refractivity contribution in [3.63, 3.8) is 0 Å². The van der Waals surface area contributed by atoms with Crippen molar-refractivity contribution in [2.24, 2.45) is 5.73 Å². The average Bonchev–Trinajstić information content (AvgIpc) is 2.71. The third-order valence-corrected chi connectivity index (χ3v) is 3.38. The number of hydrogen-bond acceptors (Lipinski definition) is 5. The molecule has 0 amide bonds. The molecule has 2 atom stereocenters. The molecular formula is C11H21ClN4O. The topological polar surface area (TPSA) is 68.2 Å². The molecular weight excluding hydrogens is 240 g/mol. The number of aromatic nitrogens is 2. The van der Waals surface area contributed by atoms with Gasteiger partial charge in [0.25, 0.3) is 0 Å². The molecule has 1 aliphatic heterocycles. The summed E-state index contributed by atoms with van der Waals surface area (Å²) < 4.78 is 5.01. The molecule has 98 valence electrons. The fraction of sp³-hybridized carbons (Fsp3) is 0.818. The number of piperidine rings is 1. The van der Waals surface area contributed by atoms with Crippen molar-refractivity contribution in [3.05, 3.63) is 11.7 Å². The van der Waals surface area contributed by atoms with Crippen molar-refractivity contribution in [1.29, 1.82) is 0 Å². The molecule has 0 saturated carbocycles. The van der Waals surface area contributed by atoms with E-state index in [4.69, 9.17) is 10.3 Å². The van der Waals surface area contributed by atoms with E-state index in [9.17, 15) is 0 Å². The van der Waals surface area contributed by atoms with Gasteiger partial charge in [-0.2, -0.15) is 4.98 Å². The minimum absolute atomic E-state index is 0. The normalized spacial score (nSPS) is 25.6. The zero-order valence-corrected chi connectivity index (χ0v) is 11.2. The molecule has 0 aromatic carbocycles. The summed E-state index contributed by atoms with van der Waals surface area (Å²) >= 11 is 0. The standard InChI is InChI=1S/C11H20N4O.ClH/c1-8-4-3-5-9(2)15(8)7-10-13-11(6-12)16-14-10;/h8-9H,3-7,12H2,1-2H3;1H. The second-order valence-corrected chi connectivity index (χ2v) is 4.61. The van der Waals surface area contributed by atoms with Gasteiger partial charge in [-0.05, 0) is 26.7 Å². The minimum atomic E-state index is 0. The molecule has 5 nitrogen and oxygen atoms in total. The number of rotatable bonds is 3. The van der Waals surface area contributed by atoms with E-state index in [0.29, 0.717) is 24.5 Å². The number of nitrogens with zero attached hydrogens (tertiary/aromatic N) is 3. The lowest BCUT2D eigenvalue weighted by Crippen LogP contribution is -2.43. The molecule has 1 fully saturated rings. The highest BCUT2D eigenvalue weighted by molar-refractivity contribution is 5.85. The molecule has 0 bridgehead atoms. The SMILES string of the molecule is CC1CCCC(C)N1Cc1noc(CN)n1.Cl. The Morgan fingerprint density at radius 3 is 2.53 bits per heavy atom. The van der Waals surface area contributed by atoms with Crippen LogP contribution >= 0.6 is 12.4 Å². The van der Waals surface area contributed by atoms with Gasteiger partial charge in [-0.25, -0.2) is 0 Å². The van der Waals surface area contributed by atoms with Gasteiger partial charge in [-0.1, -0.05) is 11.6 Å². The summed E-state index contributed by atoms with van der Waals surface area (Å²) in [4.78, 5) is 6.69. The van der Waals surface area contributed by atoms with Crippen molar-refractivity contribution in [2.45, 2.75) is 58.3 Å². The molecule has 17 heavy (non-hydrogen) atoms. The van der Waals surface area contributed by atoms with Crippen LogP contribution in [-0.4, -0.2) is 27.1 Å². The van der Waals surface area contributed by atoms with Gasteiger partial charge in [0.1, 0.15) is 0 Å². The Kier molecular flexibility index (Phi) is 5.36. The highest BCUT2D eigenvalue weighted by Crippen LogP contribution is 2.23. The van der Waals surface area contributed by atoms with E-state index in [1.165, 1.54) is 19.3 Å². The van der Waals surface area contributed by atoms with Gasteiger partial charge in [0.2, 0.25) is 5.89 Å². The van der Waals surface area contributed by atoms with E-state index in [2.05, 4.69) is 28.9 Å². The van der Waals surface area contributed by atoms with Crippen LogP contribution in [0.1, 0.15) is 44.8 Å². The third kappa shape index (κ3) is 3.40. The molecule has 0 radical (unpaired) electrons. The molecule has 0 aliphatic carbocycles. The van der Waals surface area contributed by atoms with Gasteiger partial charge in [0, 0.05) is 12.1 Å². The predicted molar refractivity (Wildman–Crippen MR) is 67.8 cm³/mol. The molecule has 2 heterocycles. The summed E-state index contributed by atoms with van der Waals surface area (Å²) in [5, 5.41) is 3.94. The summed E-state index contributed by atoms with van der Waals surface area (Å²) in [5.41, 5.74) is 5.44. The Labute approximate surface area is 108 Å². The summed E-state index contributed by atoms with van der Waals surface area (Å²) in [5.74, 6) is 1.27. The molecule has 1 aliphatic rings. The number of halogens is 1. The van der Waals surface area contributed by atoms with Crippen LogP contribution in [0.25, 0.3) is 0 Å². The second kappa shape index (κ2) is 6.33. The van der Waals surface area contributed by atoms with Crippen LogP contribution in [0.4, 0.5) is 0 Å². The molecule has 2 unspecified atom stereocenters. The van der Waals surface area contributed by atoms with Crippen molar-refractivity contribution >= 4 is 12.4 Å². The maximum absolute atomic E-state index is 5.44. The summed E-state index contributed by atoms with van der Waals surface area (Å²) in [7, 11) is 0. The molecule has 6 heteroatoms. The average molecular weight is 261 g/mol. The van der Waals surface area contributed by atoms with Gasteiger partial charge in [0.05, 0.1) is 13.1 Å². The Morgan fingerprint density at radius 1 is 1.35 bits per heavy atom. The van der Waals surface area contributed by atoms with Gasteiger partial charge in [-0.15, -0.1) is 12.4 Å². The summed E-state index contributed by atoms with van der Waals surface area (Å²) in [6.45, 7) is 5.61. The van der Waals surface area contributed by atoms with Crippen LogP contribution in [0.5, 0.6) is 0 Å². The smallest absolute Gasteiger partial charge is 0.240 e. The van der Waals surface area contributed by atoms with Gasteiger partial charge >= 0.3 is 0 Å². The number of hydrogen-bond donors (Lipinski definition) is 1. The van der Waals surface area contributed by atoms with E-state index >= 15 is 0 Å². The highest BCUT2D eigenvalue weighted by atomic mass is 35.5. The van der Waals surface area contributed by atoms with Gasteiger partial charge < -0.3 is 10.3 Å². The monoisotopic (exact) mass is 260 g/mol. The minimum Gasteiger partial charge on any atom is -0.338 e. The molecule has 2 rings (SSSR count). The molecule has 1 aromatic heterocycles. The zero-order valence-electron chi connectivity index (χ0n) is 10.4. The van der Waals surface area contributed by atoms with Crippen molar-refractivity contribution < 1.29 is 4.52 Å². The third-order valence-electron chi connectivity index (χ3n) is 3.38. The maximum Gasteiger partial charge on any atom is 0.240 e. The van der Waals surface area contributed by atoms with Crippen molar-refractivity contribution in [3.8, 4) is 0 Å². The second-order valence-electron chi connectivity index (χ2n) is 4.61. The van der Waals surface area contributed by atoms with Gasteiger partial charge in [0.15, 0.2) is 5.82 Å². The first-order valence-electron chi connectivity index (χ1n) is 5.98. The molecule has 2 N–H and O–H groups in total. The van der Waals surface area contributed by atoms with E-state index in [1.807, 2.05) is 0 Å². The predicted octanol–water partition coefficient (Wildman–Crippen LogP) is 1.71. The highest BCUT2D eigenvalue weighted by Gasteiger charge is 2.25.